The lowest BCUT2D eigenvalue weighted by molar-refractivity contribution is -0.137. The number of halogens is 4. The molecule has 2 heterocycles. The SMILES string of the molecule is CNc1nccc(-c2cccnc2Oc2cc(F)cc(C(=O)Nc3cc(OC)cc(C(F)(F)F)c3)c2)n1. The van der Waals surface area contributed by atoms with Crippen molar-refractivity contribution < 1.29 is 31.8 Å². The van der Waals surface area contributed by atoms with Crippen LogP contribution in [0.15, 0.2) is 67.0 Å². The van der Waals surface area contributed by atoms with E-state index in [1.54, 1.807) is 31.4 Å². The minimum absolute atomic E-state index is 0.0605. The number of hydrogen-bond donors (Lipinski definition) is 2. The van der Waals surface area contributed by atoms with Crippen LogP contribution in [0.5, 0.6) is 17.4 Å². The van der Waals surface area contributed by atoms with Gasteiger partial charge in [0, 0.05) is 42.8 Å². The van der Waals surface area contributed by atoms with Crippen molar-refractivity contribution in [1.29, 1.82) is 0 Å². The first kappa shape index (κ1) is 25.4. The number of aromatic nitrogens is 3. The van der Waals surface area contributed by atoms with Gasteiger partial charge < -0.3 is 20.1 Å². The molecule has 1 amide bonds. The molecule has 0 saturated heterocycles. The molecular formula is C25H19F4N5O3. The Kier molecular flexibility index (Phi) is 7.18. The number of rotatable bonds is 7. The van der Waals surface area contributed by atoms with E-state index < -0.39 is 23.5 Å². The molecule has 0 fully saturated rings. The molecule has 0 atom stereocenters. The fourth-order valence-corrected chi connectivity index (χ4v) is 3.32. The number of ether oxygens (including phenoxy) is 2. The zero-order valence-corrected chi connectivity index (χ0v) is 19.4. The number of alkyl halides is 3. The summed E-state index contributed by atoms with van der Waals surface area (Å²) in [6.45, 7) is 0. The summed E-state index contributed by atoms with van der Waals surface area (Å²) < 4.78 is 64.7. The average molecular weight is 513 g/mol. The average Bonchev–Trinajstić information content (AvgIpc) is 2.88. The monoisotopic (exact) mass is 513 g/mol. The zero-order valence-electron chi connectivity index (χ0n) is 19.4. The first-order valence-corrected chi connectivity index (χ1v) is 10.7. The van der Waals surface area contributed by atoms with Crippen molar-refractivity contribution in [1.82, 2.24) is 15.0 Å². The second-order valence-corrected chi connectivity index (χ2v) is 7.55. The fourth-order valence-electron chi connectivity index (χ4n) is 3.32. The van der Waals surface area contributed by atoms with Crippen LogP contribution in [0.1, 0.15) is 15.9 Å². The van der Waals surface area contributed by atoms with Crippen molar-refractivity contribution >= 4 is 17.5 Å². The minimum Gasteiger partial charge on any atom is -0.497 e. The molecule has 4 rings (SSSR count). The van der Waals surface area contributed by atoms with Gasteiger partial charge in [-0.2, -0.15) is 13.2 Å². The molecule has 0 unspecified atom stereocenters. The molecule has 2 aromatic heterocycles. The largest absolute Gasteiger partial charge is 0.497 e. The van der Waals surface area contributed by atoms with Crippen molar-refractivity contribution in [3.63, 3.8) is 0 Å². The van der Waals surface area contributed by atoms with Gasteiger partial charge in [-0.15, -0.1) is 0 Å². The number of hydrogen-bond acceptors (Lipinski definition) is 7. The third-order valence-corrected chi connectivity index (χ3v) is 5.00. The molecule has 0 aliphatic rings. The van der Waals surface area contributed by atoms with Crippen LogP contribution in [0.3, 0.4) is 0 Å². The lowest BCUT2D eigenvalue weighted by atomic mass is 10.1. The molecule has 2 aromatic carbocycles. The topological polar surface area (TPSA) is 98.3 Å². The van der Waals surface area contributed by atoms with Crippen LogP contribution in [0.4, 0.5) is 29.2 Å². The molecule has 0 spiro atoms. The maximum atomic E-state index is 14.4. The molecule has 0 aliphatic heterocycles. The number of carbonyl (C=O) groups is 1. The van der Waals surface area contributed by atoms with E-state index in [1.807, 2.05) is 0 Å². The third kappa shape index (κ3) is 6.10. The maximum Gasteiger partial charge on any atom is 0.416 e. The second-order valence-electron chi connectivity index (χ2n) is 7.55. The first-order valence-electron chi connectivity index (χ1n) is 10.7. The van der Waals surface area contributed by atoms with Crippen LogP contribution >= 0.6 is 0 Å². The lowest BCUT2D eigenvalue weighted by Crippen LogP contribution is -2.14. The molecule has 8 nitrogen and oxygen atoms in total. The first-order chi connectivity index (χ1) is 17.7. The summed E-state index contributed by atoms with van der Waals surface area (Å²) in [4.78, 5) is 25.4. The lowest BCUT2D eigenvalue weighted by Gasteiger charge is -2.13. The standard InChI is InChI=1S/C25H19F4N5O3/c1-30-24-32-7-5-21(34-24)20-4-3-6-31-23(20)37-19-9-14(8-16(26)12-19)22(35)33-17-10-15(25(27,28)29)11-18(13-17)36-2/h3-13H,1-2H3,(H,33,35)(H,30,32,34). The summed E-state index contributed by atoms with van der Waals surface area (Å²) >= 11 is 0. The van der Waals surface area contributed by atoms with Gasteiger partial charge in [-0.25, -0.2) is 19.3 Å². The summed E-state index contributed by atoms with van der Waals surface area (Å²) in [6.07, 6.45) is -1.66. The van der Waals surface area contributed by atoms with Gasteiger partial charge in [0.2, 0.25) is 11.8 Å². The number of methoxy groups -OCH3 is 1. The molecule has 0 saturated carbocycles. The molecule has 0 bridgehead atoms. The highest BCUT2D eigenvalue weighted by Crippen LogP contribution is 2.35. The van der Waals surface area contributed by atoms with Crippen molar-refractivity contribution in [3.8, 4) is 28.6 Å². The van der Waals surface area contributed by atoms with E-state index in [2.05, 4.69) is 25.6 Å². The predicted molar refractivity (Wildman–Crippen MR) is 127 cm³/mol. The van der Waals surface area contributed by atoms with Crippen molar-refractivity contribution in [3.05, 3.63) is 83.9 Å². The van der Waals surface area contributed by atoms with E-state index in [0.717, 1.165) is 24.3 Å². The van der Waals surface area contributed by atoms with Crippen LogP contribution in [-0.2, 0) is 6.18 Å². The van der Waals surface area contributed by atoms with Crippen LogP contribution in [0.25, 0.3) is 11.3 Å². The van der Waals surface area contributed by atoms with Gasteiger partial charge in [-0.05, 0) is 42.5 Å². The Hall–Kier alpha value is -4.74. The summed E-state index contributed by atoms with van der Waals surface area (Å²) in [5, 5.41) is 5.16. The fraction of sp³-hybridized carbons (Fsp3) is 0.120. The maximum absolute atomic E-state index is 14.4. The second kappa shape index (κ2) is 10.5. The van der Waals surface area contributed by atoms with Crippen LogP contribution in [0, 0.1) is 5.82 Å². The molecule has 4 aromatic rings. The molecule has 2 N–H and O–H groups in total. The number of pyridine rings is 1. The number of amides is 1. The Labute approximate surface area is 208 Å². The molecule has 37 heavy (non-hydrogen) atoms. The number of anilines is 2. The third-order valence-electron chi connectivity index (χ3n) is 5.00. The molecule has 12 heteroatoms. The number of nitrogens with one attached hydrogen (secondary N) is 2. The quantitative estimate of drug-likeness (QED) is 0.302. The van der Waals surface area contributed by atoms with Gasteiger partial charge in [0.25, 0.3) is 5.91 Å². The normalized spacial score (nSPS) is 11.1. The van der Waals surface area contributed by atoms with Crippen molar-refractivity contribution in [2.45, 2.75) is 6.18 Å². The number of carbonyl (C=O) groups excluding carboxylic acids is 1. The minimum atomic E-state index is -4.66. The van der Waals surface area contributed by atoms with E-state index in [9.17, 15) is 22.4 Å². The van der Waals surface area contributed by atoms with Gasteiger partial charge in [-0.3, -0.25) is 4.79 Å². The number of nitrogens with zero attached hydrogens (tertiary/aromatic N) is 3. The van der Waals surface area contributed by atoms with Gasteiger partial charge >= 0.3 is 6.18 Å². The van der Waals surface area contributed by atoms with Crippen molar-refractivity contribution in [2.24, 2.45) is 0 Å². The van der Waals surface area contributed by atoms with Crippen LogP contribution in [0.2, 0.25) is 0 Å². The van der Waals surface area contributed by atoms with Crippen molar-refractivity contribution in [2.75, 3.05) is 24.8 Å². The summed E-state index contributed by atoms with van der Waals surface area (Å²) in [7, 11) is 2.86. The Balaban J connectivity index is 1.62. The molecule has 0 radical (unpaired) electrons. The molecular weight excluding hydrogens is 494 g/mol. The van der Waals surface area contributed by atoms with Gasteiger partial charge in [0.1, 0.15) is 17.3 Å². The Bertz CT molecular complexity index is 1450. The van der Waals surface area contributed by atoms with E-state index in [0.29, 0.717) is 17.2 Å². The van der Waals surface area contributed by atoms with Crippen LogP contribution < -0.4 is 20.1 Å². The van der Waals surface area contributed by atoms with E-state index in [4.69, 9.17) is 9.47 Å². The van der Waals surface area contributed by atoms with E-state index in [1.165, 1.54) is 25.4 Å². The highest BCUT2D eigenvalue weighted by atomic mass is 19.4. The Morgan fingerprint density at radius 3 is 2.51 bits per heavy atom. The summed E-state index contributed by atoms with van der Waals surface area (Å²) in [5.41, 5.74) is -0.426. The van der Waals surface area contributed by atoms with Gasteiger partial charge in [-0.1, -0.05) is 0 Å². The predicted octanol–water partition coefficient (Wildman–Crippen LogP) is 5.79. The highest BCUT2D eigenvalue weighted by Gasteiger charge is 2.31. The Morgan fingerprint density at radius 2 is 1.78 bits per heavy atom. The Morgan fingerprint density at radius 1 is 0.973 bits per heavy atom. The van der Waals surface area contributed by atoms with Crippen LogP contribution in [-0.4, -0.2) is 35.0 Å². The van der Waals surface area contributed by atoms with E-state index in [-0.39, 0.29) is 28.6 Å². The molecule has 0 aliphatic carbocycles. The highest BCUT2D eigenvalue weighted by molar-refractivity contribution is 6.04. The van der Waals surface area contributed by atoms with Gasteiger partial charge in [0.15, 0.2) is 0 Å². The summed E-state index contributed by atoms with van der Waals surface area (Å²) in [6, 6.07) is 11.0. The smallest absolute Gasteiger partial charge is 0.416 e. The summed E-state index contributed by atoms with van der Waals surface area (Å²) in [5.74, 6) is -1.38. The van der Waals surface area contributed by atoms with E-state index >= 15 is 0 Å². The van der Waals surface area contributed by atoms with Gasteiger partial charge in [0.05, 0.1) is 23.9 Å². The number of benzene rings is 2. The molecule has 190 valence electrons. The zero-order chi connectivity index (χ0) is 26.6.